The highest BCUT2D eigenvalue weighted by Crippen LogP contribution is 2.48. The van der Waals surface area contributed by atoms with Gasteiger partial charge in [0, 0.05) is 12.0 Å². The van der Waals surface area contributed by atoms with Crippen LogP contribution in [0.4, 0.5) is 0 Å². The van der Waals surface area contributed by atoms with Crippen LogP contribution in [0.5, 0.6) is 0 Å². The molecule has 4 aliphatic heterocycles. The first-order valence-corrected chi connectivity index (χ1v) is 6.44. The second kappa shape index (κ2) is 3.56. The van der Waals surface area contributed by atoms with Crippen molar-refractivity contribution < 1.29 is 24.0 Å². The first-order valence-electron chi connectivity index (χ1n) is 6.44. The second-order valence-electron chi connectivity index (χ2n) is 5.46. The average Bonchev–Trinajstić information content (AvgIpc) is 2.67. The summed E-state index contributed by atoms with van der Waals surface area (Å²) in [5.41, 5.74) is 0.484. The molecular formula is C14H14O5. The normalized spacial score (nSPS) is 40.1. The maximum absolute atomic E-state index is 12.0. The molecule has 1 spiro atoms. The van der Waals surface area contributed by atoms with Crippen LogP contribution in [-0.2, 0) is 24.8 Å². The zero-order chi connectivity index (χ0) is 13.1. The van der Waals surface area contributed by atoms with E-state index in [1.807, 2.05) is 25.1 Å². The molecule has 19 heavy (non-hydrogen) atoms. The fourth-order valence-electron chi connectivity index (χ4n) is 3.03. The molecule has 0 amide bonds. The monoisotopic (exact) mass is 262 g/mol. The van der Waals surface area contributed by atoms with E-state index in [1.165, 1.54) is 0 Å². The Hall–Kier alpha value is -1.43. The highest BCUT2D eigenvalue weighted by Gasteiger charge is 2.59. The molecule has 4 aliphatic rings. The summed E-state index contributed by atoms with van der Waals surface area (Å²) < 4.78 is 11.3. The first kappa shape index (κ1) is 11.4. The highest BCUT2D eigenvalue weighted by atomic mass is 17.3. The van der Waals surface area contributed by atoms with Crippen LogP contribution < -0.4 is 0 Å². The molecule has 100 valence electrons. The molecule has 5 heteroatoms. The van der Waals surface area contributed by atoms with E-state index in [-0.39, 0.29) is 12.1 Å². The largest absolute Gasteiger partial charge is 0.455 e. The molecule has 0 radical (unpaired) electrons. The number of hydrogen-bond acceptors (Lipinski definition) is 5. The van der Waals surface area contributed by atoms with Crippen LogP contribution >= 0.6 is 0 Å². The number of hydrogen-bond donors (Lipinski definition) is 0. The lowest BCUT2D eigenvalue weighted by molar-refractivity contribution is -0.511. The molecule has 1 aromatic carbocycles. The van der Waals surface area contributed by atoms with Crippen molar-refractivity contribution >= 4 is 5.97 Å². The summed E-state index contributed by atoms with van der Waals surface area (Å²) in [7, 11) is 0. The van der Waals surface area contributed by atoms with E-state index in [2.05, 4.69) is 0 Å². The van der Waals surface area contributed by atoms with Crippen molar-refractivity contribution in [2.24, 2.45) is 0 Å². The molecule has 5 nitrogen and oxygen atoms in total. The molecule has 1 aromatic rings. The van der Waals surface area contributed by atoms with E-state index in [0.717, 1.165) is 5.56 Å². The Kier molecular flexibility index (Phi) is 2.14. The summed E-state index contributed by atoms with van der Waals surface area (Å²) in [4.78, 5) is 23.1. The van der Waals surface area contributed by atoms with Gasteiger partial charge in [0.1, 0.15) is 6.10 Å². The number of esters is 1. The van der Waals surface area contributed by atoms with Gasteiger partial charge in [-0.25, -0.2) is 14.6 Å². The van der Waals surface area contributed by atoms with Crippen LogP contribution in [0.2, 0.25) is 0 Å². The number of benzene rings is 1. The van der Waals surface area contributed by atoms with Gasteiger partial charge in [0.2, 0.25) is 0 Å². The summed E-state index contributed by atoms with van der Waals surface area (Å²) >= 11 is 0. The number of fused-ring (bicyclic) bond motifs is 4. The zero-order valence-corrected chi connectivity index (χ0v) is 10.5. The van der Waals surface area contributed by atoms with Gasteiger partial charge in [-0.2, -0.15) is 0 Å². The molecule has 3 saturated heterocycles. The molecule has 5 rings (SSSR count). The van der Waals surface area contributed by atoms with Gasteiger partial charge < -0.3 is 9.47 Å². The van der Waals surface area contributed by atoms with Crippen molar-refractivity contribution in [3.8, 4) is 0 Å². The van der Waals surface area contributed by atoms with E-state index >= 15 is 0 Å². The predicted octanol–water partition coefficient (Wildman–Crippen LogP) is 1.91. The van der Waals surface area contributed by atoms with Crippen LogP contribution in [0, 0.1) is 0 Å². The Morgan fingerprint density at radius 2 is 2.11 bits per heavy atom. The smallest absolute Gasteiger partial charge is 0.338 e. The van der Waals surface area contributed by atoms with Crippen LogP contribution in [0.25, 0.3) is 0 Å². The van der Waals surface area contributed by atoms with Crippen LogP contribution in [0.3, 0.4) is 0 Å². The molecule has 0 unspecified atom stereocenters. The van der Waals surface area contributed by atoms with E-state index in [9.17, 15) is 4.79 Å². The van der Waals surface area contributed by atoms with E-state index in [1.54, 1.807) is 6.07 Å². The minimum absolute atomic E-state index is 0.301. The Balaban J connectivity index is 1.89. The third-order valence-electron chi connectivity index (χ3n) is 4.19. The van der Waals surface area contributed by atoms with Gasteiger partial charge in [0.15, 0.2) is 11.4 Å². The number of ether oxygens (including phenoxy) is 2. The SMILES string of the molecule is C[C@]12CC[C@@H]3OC(=O)c4ccccc4[C@@]3(CO1)OO2. The van der Waals surface area contributed by atoms with Gasteiger partial charge >= 0.3 is 5.97 Å². The summed E-state index contributed by atoms with van der Waals surface area (Å²) in [5, 5.41) is 0. The lowest BCUT2D eigenvalue weighted by Gasteiger charge is -2.44. The van der Waals surface area contributed by atoms with Gasteiger partial charge in [-0.1, -0.05) is 18.2 Å². The number of carbonyl (C=O) groups excluding carboxylic acids is 1. The average molecular weight is 262 g/mol. The van der Waals surface area contributed by atoms with Gasteiger partial charge in [-0.05, 0) is 19.4 Å². The lowest BCUT2D eigenvalue weighted by Crippen LogP contribution is -2.54. The third kappa shape index (κ3) is 1.43. The Morgan fingerprint density at radius 1 is 1.26 bits per heavy atom. The third-order valence-corrected chi connectivity index (χ3v) is 4.19. The van der Waals surface area contributed by atoms with Crippen molar-refractivity contribution in [1.82, 2.24) is 0 Å². The second-order valence-corrected chi connectivity index (χ2v) is 5.46. The summed E-state index contributed by atoms with van der Waals surface area (Å²) in [6, 6.07) is 7.31. The first-order chi connectivity index (χ1) is 9.13. The predicted molar refractivity (Wildman–Crippen MR) is 63.1 cm³/mol. The molecule has 2 bridgehead atoms. The minimum atomic E-state index is -0.833. The topological polar surface area (TPSA) is 54.0 Å². The fourth-order valence-corrected chi connectivity index (χ4v) is 3.03. The number of rotatable bonds is 0. The standard InChI is InChI=1S/C14H14O5/c1-13-7-6-11-14(8-16-13,19-18-13)10-5-3-2-4-9(10)12(15)17-11/h2-5,11H,6-8H2,1H3/t11-,13-,14+/m0/s1. The molecule has 3 fully saturated rings. The van der Waals surface area contributed by atoms with E-state index in [4.69, 9.17) is 19.2 Å². The maximum atomic E-state index is 12.0. The molecule has 0 aromatic heterocycles. The zero-order valence-electron chi connectivity index (χ0n) is 10.5. The van der Waals surface area contributed by atoms with Crippen molar-refractivity contribution in [3.63, 3.8) is 0 Å². The van der Waals surface area contributed by atoms with Gasteiger partial charge in [-0.15, -0.1) is 0 Å². The summed E-state index contributed by atoms with van der Waals surface area (Å²) in [6.45, 7) is 2.17. The van der Waals surface area contributed by atoms with Gasteiger partial charge in [-0.3, -0.25) is 0 Å². The molecule has 4 heterocycles. The van der Waals surface area contributed by atoms with Crippen molar-refractivity contribution in [2.45, 2.75) is 37.3 Å². The Labute approximate surface area is 110 Å². The fraction of sp³-hybridized carbons (Fsp3) is 0.500. The Bertz CT molecular complexity index is 545. The Morgan fingerprint density at radius 3 is 2.89 bits per heavy atom. The van der Waals surface area contributed by atoms with Gasteiger partial charge in [0.25, 0.3) is 0 Å². The molecule has 0 N–H and O–H groups in total. The molecule has 0 saturated carbocycles. The molecule has 3 atom stereocenters. The van der Waals surface area contributed by atoms with Crippen molar-refractivity contribution in [2.75, 3.05) is 6.61 Å². The lowest BCUT2D eigenvalue weighted by atomic mass is 9.82. The molecular weight excluding hydrogens is 248 g/mol. The van der Waals surface area contributed by atoms with Crippen molar-refractivity contribution in [3.05, 3.63) is 35.4 Å². The van der Waals surface area contributed by atoms with E-state index < -0.39 is 11.4 Å². The minimum Gasteiger partial charge on any atom is -0.455 e. The van der Waals surface area contributed by atoms with Crippen LogP contribution in [-0.4, -0.2) is 24.5 Å². The molecule has 0 aliphatic carbocycles. The highest BCUT2D eigenvalue weighted by molar-refractivity contribution is 5.93. The maximum Gasteiger partial charge on any atom is 0.338 e. The quantitative estimate of drug-likeness (QED) is 0.528. The summed E-state index contributed by atoms with van der Waals surface area (Å²) in [5.74, 6) is -1.05. The van der Waals surface area contributed by atoms with Gasteiger partial charge in [0.05, 0.1) is 12.2 Å². The number of carbonyl (C=O) groups is 1. The van der Waals surface area contributed by atoms with Crippen LogP contribution in [0.15, 0.2) is 24.3 Å². The van der Waals surface area contributed by atoms with Crippen molar-refractivity contribution in [1.29, 1.82) is 0 Å². The van der Waals surface area contributed by atoms with E-state index in [0.29, 0.717) is 25.0 Å². The van der Waals surface area contributed by atoms with Crippen LogP contribution in [0.1, 0.15) is 35.7 Å². The summed E-state index contributed by atoms with van der Waals surface area (Å²) in [6.07, 6.45) is 0.935.